The minimum absolute atomic E-state index is 0.0652. The number of nitrogens with zero attached hydrogens (tertiary/aromatic N) is 3. The van der Waals surface area contributed by atoms with E-state index in [0.29, 0.717) is 0 Å². The molecule has 0 radical (unpaired) electrons. The molecule has 0 aromatic carbocycles. The van der Waals surface area contributed by atoms with Crippen molar-refractivity contribution in [2.75, 3.05) is 37.6 Å². The fourth-order valence-corrected chi connectivity index (χ4v) is 2.56. The smallest absolute Gasteiger partial charge is 0.0572 e. The average Bonchev–Trinajstić information content (AvgIpc) is 2.48. The summed E-state index contributed by atoms with van der Waals surface area (Å²) in [5.41, 5.74) is 8.21. The Morgan fingerprint density at radius 3 is 2.47 bits per heavy atom. The number of rotatable bonds is 5. The van der Waals surface area contributed by atoms with Gasteiger partial charge in [0.05, 0.1) is 17.6 Å². The summed E-state index contributed by atoms with van der Waals surface area (Å²) in [6.07, 6.45) is 4.15. The van der Waals surface area contributed by atoms with Crippen molar-refractivity contribution in [3.63, 3.8) is 0 Å². The Labute approximate surface area is 116 Å². The van der Waals surface area contributed by atoms with E-state index >= 15 is 0 Å². The van der Waals surface area contributed by atoms with Gasteiger partial charge in [0, 0.05) is 32.2 Å². The van der Waals surface area contributed by atoms with Crippen LogP contribution in [0.4, 0.5) is 5.69 Å². The molecule has 1 atom stereocenters. The second-order valence-electron chi connectivity index (χ2n) is 5.28. The summed E-state index contributed by atoms with van der Waals surface area (Å²) in [6, 6.07) is 4.30. The van der Waals surface area contributed by atoms with Gasteiger partial charge in [0.1, 0.15) is 0 Å². The van der Waals surface area contributed by atoms with Crippen LogP contribution in [0.15, 0.2) is 18.3 Å². The highest BCUT2D eigenvalue weighted by Crippen LogP contribution is 2.18. The van der Waals surface area contributed by atoms with Crippen molar-refractivity contribution < 1.29 is 0 Å². The van der Waals surface area contributed by atoms with Crippen LogP contribution in [-0.2, 0) is 0 Å². The number of aromatic nitrogens is 1. The van der Waals surface area contributed by atoms with Crippen LogP contribution in [0.1, 0.15) is 38.4 Å². The molecule has 0 aliphatic carbocycles. The van der Waals surface area contributed by atoms with Crippen LogP contribution in [0.3, 0.4) is 0 Å². The van der Waals surface area contributed by atoms with Gasteiger partial charge in [-0.05, 0) is 31.5 Å². The van der Waals surface area contributed by atoms with Gasteiger partial charge >= 0.3 is 0 Å². The lowest BCUT2D eigenvalue weighted by Gasteiger charge is -2.35. The van der Waals surface area contributed by atoms with Gasteiger partial charge in [-0.3, -0.25) is 9.88 Å². The van der Waals surface area contributed by atoms with E-state index in [0.717, 1.165) is 38.3 Å². The fourth-order valence-electron chi connectivity index (χ4n) is 2.56. The molecular weight excluding hydrogens is 236 g/mol. The molecule has 0 saturated carbocycles. The van der Waals surface area contributed by atoms with Crippen molar-refractivity contribution in [1.82, 2.24) is 9.88 Å². The first-order chi connectivity index (χ1) is 9.24. The van der Waals surface area contributed by atoms with Crippen LogP contribution in [0.25, 0.3) is 0 Å². The molecule has 0 bridgehead atoms. The van der Waals surface area contributed by atoms with E-state index in [1.807, 2.05) is 6.20 Å². The number of piperazine rings is 1. The lowest BCUT2D eigenvalue weighted by atomic mass is 10.1. The Morgan fingerprint density at radius 1 is 1.21 bits per heavy atom. The van der Waals surface area contributed by atoms with Gasteiger partial charge in [-0.25, -0.2) is 0 Å². The number of pyridine rings is 1. The van der Waals surface area contributed by atoms with Gasteiger partial charge < -0.3 is 10.6 Å². The molecule has 4 nitrogen and oxygen atoms in total. The van der Waals surface area contributed by atoms with Crippen molar-refractivity contribution in [2.24, 2.45) is 5.73 Å². The van der Waals surface area contributed by atoms with Crippen LogP contribution >= 0.6 is 0 Å². The van der Waals surface area contributed by atoms with Crippen molar-refractivity contribution >= 4 is 5.69 Å². The molecule has 19 heavy (non-hydrogen) atoms. The predicted molar refractivity (Wildman–Crippen MR) is 80.4 cm³/mol. The van der Waals surface area contributed by atoms with Gasteiger partial charge in [0.2, 0.25) is 0 Å². The predicted octanol–water partition coefficient (Wildman–Crippen LogP) is 2.02. The summed E-state index contributed by atoms with van der Waals surface area (Å²) in [5.74, 6) is 0. The van der Waals surface area contributed by atoms with Crippen LogP contribution in [0.2, 0.25) is 0 Å². The summed E-state index contributed by atoms with van der Waals surface area (Å²) in [5, 5.41) is 0. The zero-order chi connectivity index (χ0) is 13.7. The van der Waals surface area contributed by atoms with E-state index in [1.54, 1.807) is 0 Å². The summed E-state index contributed by atoms with van der Waals surface area (Å²) in [4.78, 5) is 9.45. The Balaban J connectivity index is 1.92. The highest BCUT2D eigenvalue weighted by atomic mass is 15.3. The number of hydrogen-bond acceptors (Lipinski definition) is 4. The molecule has 0 unspecified atom stereocenters. The third kappa shape index (κ3) is 3.67. The minimum atomic E-state index is 0.0652. The lowest BCUT2D eigenvalue weighted by molar-refractivity contribution is 0.258. The number of hydrogen-bond donors (Lipinski definition) is 1. The molecule has 2 N–H and O–H groups in total. The van der Waals surface area contributed by atoms with Crippen LogP contribution < -0.4 is 10.6 Å². The second kappa shape index (κ2) is 6.87. The van der Waals surface area contributed by atoms with Crippen molar-refractivity contribution in [3.05, 3.63) is 24.0 Å². The van der Waals surface area contributed by atoms with Gasteiger partial charge in [-0.15, -0.1) is 0 Å². The molecule has 2 rings (SSSR count). The summed E-state index contributed by atoms with van der Waals surface area (Å²) >= 11 is 0. The molecule has 1 aromatic rings. The van der Waals surface area contributed by atoms with E-state index in [2.05, 4.69) is 40.8 Å². The largest absolute Gasteiger partial charge is 0.368 e. The van der Waals surface area contributed by atoms with Gasteiger partial charge in [0.25, 0.3) is 0 Å². The maximum absolute atomic E-state index is 5.99. The number of nitrogens with two attached hydrogens (primary N) is 1. The highest BCUT2D eigenvalue weighted by molar-refractivity contribution is 5.45. The Morgan fingerprint density at radius 2 is 1.95 bits per heavy atom. The van der Waals surface area contributed by atoms with Crippen molar-refractivity contribution in [2.45, 2.75) is 32.7 Å². The quantitative estimate of drug-likeness (QED) is 0.882. The molecule has 1 aromatic heterocycles. The third-order valence-electron chi connectivity index (χ3n) is 3.87. The monoisotopic (exact) mass is 262 g/mol. The van der Waals surface area contributed by atoms with Crippen LogP contribution in [0.5, 0.6) is 0 Å². The van der Waals surface area contributed by atoms with Gasteiger partial charge in [-0.2, -0.15) is 0 Å². The molecule has 106 valence electrons. The molecule has 1 aliphatic heterocycles. The van der Waals surface area contributed by atoms with E-state index in [-0.39, 0.29) is 6.04 Å². The first kappa shape index (κ1) is 14.3. The zero-order valence-corrected chi connectivity index (χ0v) is 12.2. The third-order valence-corrected chi connectivity index (χ3v) is 3.87. The zero-order valence-electron chi connectivity index (χ0n) is 12.2. The van der Waals surface area contributed by atoms with Gasteiger partial charge in [-0.1, -0.05) is 13.8 Å². The maximum atomic E-state index is 5.99. The Kier molecular flexibility index (Phi) is 5.16. The number of anilines is 1. The van der Waals surface area contributed by atoms with Crippen LogP contribution in [-0.4, -0.2) is 42.6 Å². The normalized spacial score (nSPS) is 18.6. The second-order valence-corrected chi connectivity index (χ2v) is 5.28. The van der Waals surface area contributed by atoms with E-state index in [4.69, 9.17) is 5.73 Å². The van der Waals surface area contributed by atoms with E-state index < -0.39 is 0 Å². The molecule has 0 amide bonds. The maximum Gasteiger partial charge on any atom is 0.0572 e. The molecule has 1 aliphatic rings. The van der Waals surface area contributed by atoms with E-state index in [1.165, 1.54) is 18.7 Å². The molecule has 4 heteroatoms. The average molecular weight is 262 g/mol. The van der Waals surface area contributed by atoms with Crippen molar-refractivity contribution in [3.8, 4) is 0 Å². The highest BCUT2D eigenvalue weighted by Gasteiger charge is 2.16. The molecule has 1 saturated heterocycles. The summed E-state index contributed by atoms with van der Waals surface area (Å²) in [7, 11) is 0. The van der Waals surface area contributed by atoms with Crippen LogP contribution in [0, 0.1) is 0 Å². The Bertz CT molecular complexity index is 368. The fraction of sp³-hybridized carbons (Fsp3) is 0.667. The first-order valence-corrected chi connectivity index (χ1v) is 7.43. The minimum Gasteiger partial charge on any atom is -0.368 e. The van der Waals surface area contributed by atoms with Gasteiger partial charge in [0.15, 0.2) is 0 Å². The van der Waals surface area contributed by atoms with E-state index in [9.17, 15) is 0 Å². The Hall–Kier alpha value is -1.13. The lowest BCUT2D eigenvalue weighted by Crippen LogP contribution is -2.46. The molecular formula is C15H26N4. The SMILES string of the molecule is CCCN1CCN(c2ccc([C@H](N)CC)nc2)CC1. The standard InChI is InChI=1S/C15H26N4/c1-3-7-18-8-10-19(11-9-18)13-5-6-15(17-12-13)14(16)4-2/h5-6,12,14H,3-4,7-11,16H2,1-2H3/t14-/m1/s1. The topological polar surface area (TPSA) is 45.4 Å². The molecule has 0 spiro atoms. The summed E-state index contributed by atoms with van der Waals surface area (Å²) < 4.78 is 0. The van der Waals surface area contributed by atoms with Crippen molar-refractivity contribution in [1.29, 1.82) is 0 Å². The molecule has 2 heterocycles. The summed E-state index contributed by atoms with van der Waals surface area (Å²) in [6.45, 7) is 10.1. The molecule has 1 fully saturated rings. The first-order valence-electron chi connectivity index (χ1n) is 7.43.